The van der Waals surface area contributed by atoms with Crippen molar-refractivity contribution in [1.29, 1.82) is 0 Å². The van der Waals surface area contributed by atoms with E-state index in [4.69, 9.17) is 19.5 Å². The molecule has 4 N–H and O–H groups in total. The van der Waals surface area contributed by atoms with Crippen LogP contribution in [0.4, 0.5) is 4.79 Å². The molecule has 1 aromatic carbocycles. The van der Waals surface area contributed by atoms with Crippen LogP contribution < -0.4 is 16.0 Å². The van der Waals surface area contributed by atoms with Gasteiger partial charge in [-0.05, 0) is 112 Å². The number of fused-ring (bicyclic) bond motifs is 3. The highest BCUT2D eigenvalue weighted by atomic mass is 16.5. The minimum absolute atomic E-state index is 0.0358. The summed E-state index contributed by atoms with van der Waals surface area (Å²) in [5.74, 6) is 2.11. The molecule has 5 heterocycles. The summed E-state index contributed by atoms with van der Waals surface area (Å²) in [4.78, 5) is 56.4. The molecule has 5 atom stereocenters. The van der Waals surface area contributed by atoms with Crippen molar-refractivity contribution in [3.63, 3.8) is 0 Å². The van der Waals surface area contributed by atoms with Gasteiger partial charge in [-0.2, -0.15) is 0 Å². The SMILES string of the molecule is COC(=O)NC(C)C(=O)N1CCC[C@H]1C1=NCC(C23CCC(c4ccc(-c5cnc([C@@H]6CCCN6C(=O)[C@@H](NC6CCOCC6)C(C)C)[nH]5)cc4)(CC2)CC3)N1. The molecule has 1 aromatic heterocycles. The average molecular weight is 771 g/mol. The third-order valence-corrected chi connectivity index (χ3v) is 14.4. The van der Waals surface area contributed by atoms with E-state index in [0.717, 1.165) is 87.7 Å². The zero-order valence-electron chi connectivity index (χ0n) is 33.8. The summed E-state index contributed by atoms with van der Waals surface area (Å²) in [6, 6.07) is 8.82. The van der Waals surface area contributed by atoms with Crippen LogP contribution in [0.1, 0.15) is 115 Å². The number of nitrogens with one attached hydrogen (secondary N) is 4. The molecule has 2 aromatic rings. The Morgan fingerprint density at radius 1 is 0.893 bits per heavy atom. The standard InChI is InChI=1S/C43H62N8O5/c1-27(2)36(47-31-13-23-56-24-14-31)40(53)51-22-6-7-33(51)37-44-25-32(48-37)29-9-11-30(12-10-29)42-15-18-43(19-16-42,20-17-42)35-26-45-38(49-35)34-8-5-21-50(34)39(52)28(3)46-41(54)55-4/h9-12,25,27-28,31,33-36,47H,5-8,13-24,26H2,1-4H3,(H,44,48)(H,45,49)(H,46,54)/t28?,33-,34-,35?,36-,42?,43?/m0/s1. The molecule has 6 fully saturated rings. The molecule has 304 valence electrons. The van der Waals surface area contributed by atoms with E-state index in [1.54, 1.807) is 6.92 Å². The number of ether oxygens (including phenoxy) is 2. The van der Waals surface area contributed by atoms with Crippen LogP contribution in [0.15, 0.2) is 35.5 Å². The molecule has 9 rings (SSSR count). The number of aliphatic imine (C=N–C) groups is 1. The number of carbonyl (C=O) groups excluding carboxylic acids is 3. The molecule has 13 nitrogen and oxygen atoms in total. The van der Waals surface area contributed by atoms with E-state index in [-0.39, 0.29) is 46.7 Å². The number of hydrogen-bond acceptors (Lipinski definition) is 9. The first kappa shape index (κ1) is 38.9. The second kappa shape index (κ2) is 16.1. The number of likely N-dealkylation sites (tertiary alicyclic amines) is 2. The van der Waals surface area contributed by atoms with Crippen LogP contribution in [-0.2, 0) is 24.5 Å². The summed E-state index contributed by atoms with van der Waals surface area (Å²) in [5, 5.41) is 10.1. The van der Waals surface area contributed by atoms with E-state index in [9.17, 15) is 14.4 Å². The van der Waals surface area contributed by atoms with Crippen LogP contribution in [0.2, 0.25) is 0 Å². The molecular formula is C43H62N8O5. The van der Waals surface area contributed by atoms with Gasteiger partial charge in [0.25, 0.3) is 0 Å². The number of benzene rings is 1. The average Bonchev–Trinajstić information content (AvgIpc) is 4.07. The summed E-state index contributed by atoms with van der Waals surface area (Å²) in [5.41, 5.74) is 3.98. The Morgan fingerprint density at radius 3 is 2.21 bits per heavy atom. The molecule has 4 aliphatic heterocycles. The molecule has 7 aliphatic rings. The predicted molar refractivity (Wildman–Crippen MR) is 214 cm³/mol. The second-order valence-corrected chi connectivity index (χ2v) is 17.8. The Labute approximate surface area is 331 Å². The molecule has 3 saturated carbocycles. The lowest BCUT2D eigenvalue weighted by Gasteiger charge is -2.56. The van der Waals surface area contributed by atoms with E-state index < -0.39 is 12.1 Å². The van der Waals surface area contributed by atoms with Crippen molar-refractivity contribution in [3.05, 3.63) is 41.9 Å². The maximum Gasteiger partial charge on any atom is 0.407 e. The zero-order valence-corrected chi connectivity index (χ0v) is 33.8. The van der Waals surface area contributed by atoms with Crippen molar-refractivity contribution in [1.82, 2.24) is 35.7 Å². The van der Waals surface area contributed by atoms with Crippen LogP contribution in [0.3, 0.4) is 0 Å². The van der Waals surface area contributed by atoms with Gasteiger partial charge in [-0.1, -0.05) is 38.1 Å². The van der Waals surface area contributed by atoms with E-state index >= 15 is 0 Å². The molecular weight excluding hydrogens is 709 g/mol. The topological polar surface area (TPSA) is 153 Å². The number of nitrogens with zero attached hydrogens (tertiary/aromatic N) is 4. The third kappa shape index (κ3) is 7.45. The first-order valence-corrected chi connectivity index (χ1v) is 21.4. The molecule has 0 spiro atoms. The van der Waals surface area contributed by atoms with E-state index in [2.05, 4.69) is 63.9 Å². The number of hydrogen-bond donors (Lipinski definition) is 4. The van der Waals surface area contributed by atoms with Crippen LogP contribution in [0.25, 0.3) is 11.3 Å². The van der Waals surface area contributed by atoms with Crippen molar-refractivity contribution in [2.24, 2.45) is 16.3 Å². The summed E-state index contributed by atoms with van der Waals surface area (Å²) in [6.45, 7) is 9.68. The Hall–Kier alpha value is -3.97. The lowest BCUT2D eigenvalue weighted by atomic mass is 9.50. The van der Waals surface area contributed by atoms with Gasteiger partial charge in [-0.25, -0.2) is 9.78 Å². The van der Waals surface area contributed by atoms with Crippen LogP contribution in [0, 0.1) is 11.3 Å². The number of amides is 3. The van der Waals surface area contributed by atoms with Gasteiger partial charge in [-0.15, -0.1) is 0 Å². The lowest BCUT2D eigenvalue weighted by Crippen LogP contribution is -2.57. The van der Waals surface area contributed by atoms with Crippen LogP contribution >= 0.6 is 0 Å². The molecule has 3 aliphatic carbocycles. The highest BCUT2D eigenvalue weighted by Gasteiger charge is 2.54. The summed E-state index contributed by atoms with van der Waals surface area (Å²) >= 11 is 0. The van der Waals surface area contributed by atoms with Gasteiger partial charge < -0.3 is 40.2 Å². The van der Waals surface area contributed by atoms with Crippen molar-refractivity contribution in [2.75, 3.05) is 40.0 Å². The Bertz CT molecular complexity index is 1740. The van der Waals surface area contributed by atoms with Gasteiger partial charge in [0.1, 0.15) is 17.7 Å². The fraction of sp³-hybridized carbons (Fsp3) is 0.698. The van der Waals surface area contributed by atoms with Gasteiger partial charge in [-0.3, -0.25) is 14.6 Å². The summed E-state index contributed by atoms with van der Waals surface area (Å²) in [6.07, 6.45) is 14.0. The highest BCUT2D eigenvalue weighted by molar-refractivity contribution is 5.95. The number of H-pyrrole nitrogens is 1. The Kier molecular flexibility index (Phi) is 11.2. The largest absolute Gasteiger partial charge is 0.453 e. The lowest BCUT2D eigenvalue weighted by molar-refractivity contribution is -0.136. The molecule has 3 amide bonds. The second-order valence-electron chi connectivity index (χ2n) is 17.8. The minimum Gasteiger partial charge on any atom is -0.453 e. The molecule has 2 unspecified atom stereocenters. The number of alkyl carbamates (subject to hydrolysis) is 1. The van der Waals surface area contributed by atoms with E-state index in [1.165, 1.54) is 51.2 Å². The van der Waals surface area contributed by atoms with Gasteiger partial charge in [0, 0.05) is 32.3 Å². The van der Waals surface area contributed by atoms with Gasteiger partial charge >= 0.3 is 6.09 Å². The fourth-order valence-electron chi connectivity index (χ4n) is 10.9. The Balaban J connectivity index is 0.871. The number of rotatable bonds is 11. The number of aromatic nitrogens is 2. The highest BCUT2D eigenvalue weighted by Crippen LogP contribution is 2.59. The first-order chi connectivity index (χ1) is 27.1. The fourth-order valence-corrected chi connectivity index (χ4v) is 10.9. The number of imidazole rings is 1. The van der Waals surface area contributed by atoms with Gasteiger partial charge in [0.05, 0.1) is 49.7 Å². The van der Waals surface area contributed by atoms with Gasteiger partial charge in [0.15, 0.2) is 0 Å². The number of aromatic amines is 1. The minimum atomic E-state index is -0.650. The van der Waals surface area contributed by atoms with E-state index in [0.29, 0.717) is 18.6 Å². The number of amidine groups is 1. The third-order valence-electron chi connectivity index (χ3n) is 14.4. The van der Waals surface area contributed by atoms with Crippen molar-refractivity contribution >= 4 is 23.7 Å². The van der Waals surface area contributed by atoms with Crippen molar-refractivity contribution < 1.29 is 23.9 Å². The van der Waals surface area contributed by atoms with Crippen LogP contribution in [-0.4, -0.2) is 114 Å². The zero-order chi connectivity index (χ0) is 39.0. The van der Waals surface area contributed by atoms with E-state index in [1.807, 2.05) is 11.1 Å². The number of carbonyl (C=O) groups is 3. The normalized spacial score (nSPS) is 30.3. The summed E-state index contributed by atoms with van der Waals surface area (Å²) in [7, 11) is 1.31. The summed E-state index contributed by atoms with van der Waals surface area (Å²) < 4.78 is 10.3. The molecule has 56 heavy (non-hydrogen) atoms. The monoisotopic (exact) mass is 770 g/mol. The van der Waals surface area contributed by atoms with Crippen LogP contribution in [0.5, 0.6) is 0 Å². The number of methoxy groups -OCH3 is 1. The maximum absolute atomic E-state index is 14.0. The predicted octanol–water partition coefficient (Wildman–Crippen LogP) is 5.23. The molecule has 2 bridgehead atoms. The van der Waals surface area contributed by atoms with Gasteiger partial charge in [0.2, 0.25) is 11.8 Å². The maximum atomic E-state index is 14.0. The molecule has 3 saturated heterocycles. The Morgan fingerprint density at radius 2 is 1.55 bits per heavy atom. The van der Waals surface area contributed by atoms with Crippen molar-refractivity contribution in [2.45, 2.75) is 139 Å². The quantitative estimate of drug-likeness (QED) is 0.243. The van der Waals surface area contributed by atoms with Crippen molar-refractivity contribution in [3.8, 4) is 11.3 Å². The molecule has 0 radical (unpaired) electrons. The first-order valence-electron chi connectivity index (χ1n) is 21.4. The smallest absolute Gasteiger partial charge is 0.407 e. The molecule has 13 heteroatoms.